The minimum absolute atomic E-state index is 0.0417. The van der Waals surface area contributed by atoms with Gasteiger partial charge in [0.25, 0.3) is 0 Å². The molecular formula is C15H22O6. The number of para-hydroxylation sites is 1. The highest BCUT2D eigenvalue weighted by Crippen LogP contribution is 2.07. The quantitative estimate of drug-likeness (QED) is 0.303. The van der Waals surface area contributed by atoms with E-state index in [1.807, 2.05) is 6.07 Å². The summed E-state index contributed by atoms with van der Waals surface area (Å²) in [6.07, 6.45) is 1.13. The maximum absolute atomic E-state index is 10.6. The molecule has 0 aliphatic heterocycles. The van der Waals surface area contributed by atoms with Crippen molar-refractivity contribution >= 4 is 5.97 Å². The number of esters is 1. The molecule has 0 atom stereocenters. The van der Waals surface area contributed by atoms with Crippen molar-refractivity contribution in [3.8, 4) is 5.75 Å². The summed E-state index contributed by atoms with van der Waals surface area (Å²) < 4.78 is 14.6. The van der Waals surface area contributed by atoms with Gasteiger partial charge in [0.2, 0.25) is 0 Å². The minimum atomic E-state index is -0.434. The van der Waals surface area contributed by atoms with E-state index in [0.717, 1.165) is 6.08 Å². The largest absolute Gasteiger partial charge is 0.423 e. The molecule has 0 fully saturated rings. The van der Waals surface area contributed by atoms with E-state index in [0.29, 0.717) is 32.2 Å². The lowest BCUT2D eigenvalue weighted by atomic mass is 10.3. The Balaban J connectivity index is 0.000000384. The maximum Gasteiger partial charge on any atom is 0.335 e. The van der Waals surface area contributed by atoms with Crippen LogP contribution in [0.2, 0.25) is 0 Å². The number of benzene rings is 1. The summed E-state index contributed by atoms with van der Waals surface area (Å²) in [4.78, 5) is 10.6. The van der Waals surface area contributed by atoms with Crippen LogP contribution in [-0.4, -0.2) is 55.8 Å². The zero-order valence-electron chi connectivity index (χ0n) is 11.9. The SMILES string of the molecule is C=CC(=O)Oc1ccccc1.OCCOCCOCCO. The summed E-state index contributed by atoms with van der Waals surface area (Å²) in [5, 5.41) is 16.5. The first-order valence-electron chi connectivity index (χ1n) is 6.51. The van der Waals surface area contributed by atoms with Crippen molar-refractivity contribution in [3.63, 3.8) is 0 Å². The Kier molecular flexibility index (Phi) is 13.5. The Morgan fingerprint density at radius 3 is 1.95 bits per heavy atom. The second-order valence-electron chi connectivity index (χ2n) is 3.61. The zero-order chi connectivity index (χ0) is 15.8. The fourth-order valence-corrected chi connectivity index (χ4v) is 1.10. The molecule has 0 aromatic heterocycles. The molecule has 0 heterocycles. The van der Waals surface area contributed by atoms with Crippen LogP contribution in [0, 0.1) is 0 Å². The van der Waals surface area contributed by atoms with Crippen LogP contribution >= 0.6 is 0 Å². The lowest BCUT2D eigenvalue weighted by molar-refractivity contribution is -0.128. The second kappa shape index (κ2) is 14.7. The van der Waals surface area contributed by atoms with E-state index in [-0.39, 0.29) is 13.2 Å². The number of hydrogen-bond donors (Lipinski definition) is 2. The molecule has 0 radical (unpaired) electrons. The Morgan fingerprint density at radius 1 is 1.00 bits per heavy atom. The highest BCUT2D eigenvalue weighted by Gasteiger charge is 1.95. The van der Waals surface area contributed by atoms with Crippen molar-refractivity contribution in [2.75, 3.05) is 39.6 Å². The topological polar surface area (TPSA) is 85.2 Å². The molecule has 6 nitrogen and oxygen atoms in total. The van der Waals surface area contributed by atoms with Crippen LogP contribution in [0.4, 0.5) is 0 Å². The number of rotatable bonds is 9. The van der Waals surface area contributed by atoms with Crippen molar-refractivity contribution in [2.45, 2.75) is 0 Å². The van der Waals surface area contributed by atoms with Crippen LogP contribution in [0.5, 0.6) is 5.75 Å². The van der Waals surface area contributed by atoms with Gasteiger partial charge in [0.15, 0.2) is 0 Å². The van der Waals surface area contributed by atoms with Crippen molar-refractivity contribution in [1.29, 1.82) is 0 Å². The number of ether oxygens (including phenoxy) is 3. The monoisotopic (exact) mass is 298 g/mol. The molecule has 0 saturated carbocycles. The second-order valence-corrected chi connectivity index (χ2v) is 3.61. The van der Waals surface area contributed by atoms with Gasteiger partial charge in [-0.25, -0.2) is 4.79 Å². The average Bonchev–Trinajstić information content (AvgIpc) is 2.52. The van der Waals surface area contributed by atoms with Crippen molar-refractivity contribution in [3.05, 3.63) is 43.0 Å². The van der Waals surface area contributed by atoms with Gasteiger partial charge in [0.05, 0.1) is 39.6 Å². The first-order valence-corrected chi connectivity index (χ1v) is 6.51. The number of aliphatic hydroxyl groups is 2. The van der Waals surface area contributed by atoms with Gasteiger partial charge in [-0.2, -0.15) is 0 Å². The van der Waals surface area contributed by atoms with Gasteiger partial charge >= 0.3 is 5.97 Å². The Hall–Kier alpha value is -1.73. The molecule has 6 heteroatoms. The van der Waals surface area contributed by atoms with Crippen LogP contribution in [0.15, 0.2) is 43.0 Å². The first kappa shape index (κ1) is 19.3. The fraction of sp³-hybridized carbons (Fsp3) is 0.400. The van der Waals surface area contributed by atoms with E-state index >= 15 is 0 Å². The molecule has 1 aromatic rings. The summed E-state index contributed by atoms with van der Waals surface area (Å²) in [6, 6.07) is 8.87. The van der Waals surface area contributed by atoms with Gasteiger partial charge in [-0.3, -0.25) is 0 Å². The van der Waals surface area contributed by atoms with E-state index in [9.17, 15) is 4.79 Å². The van der Waals surface area contributed by atoms with Gasteiger partial charge < -0.3 is 24.4 Å². The Bertz CT molecular complexity index is 358. The predicted molar refractivity (Wildman–Crippen MR) is 78.1 cm³/mol. The van der Waals surface area contributed by atoms with Crippen LogP contribution < -0.4 is 4.74 Å². The first-order chi connectivity index (χ1) is 10.2. The van der Waals surface area contributed by atoms with Crippen LogP contribution in [-0.2, 0) is 14.3 Å². The maximum atomic E-state index is 10.6. The third-order valence-electron chi connectivity index (χ3n) is 1.97. The van der Waals surface area contributed by atoms with Gasteiger partial charge in [-0.15, -0.1) is 0 Å². The number of aliphatic hydroxyl groups excluding tert-OH is 2. The summed E-state index contributed by atoms with van der Waals surface area (Å²) in [5.74, 6) is 0.105. The van der Waals surface area contributed by atoms with E-state index in [4.69, 9.17) is 24.4 Å². The number of carbonyl (C=O) groups excluding carboxylic acids is 1. The summed E-state index contributed by atoms with van der Waals surface area (Å²) in [7, 11) is 0. The molecule has 0 amide bonds. The van der Waals surface area contributed by atoms with E-state index < -0.39 is 5.97 Å². The van der Waals surface area contributed by atoms with E-state index in [1.54, 1.807) is 24.3 Å². The molecular weight excluding hydrogens is 276 g/mol. The Labute approximate surface area is 124 Å². The van der Waals surface area contributed by atoms with Crippen LogP contribution in [0.3, 0.4) is 0 Å². The highest BCUT2D eigenvalue weighted by atomic mass is 16.5. The normalized spacial score (nSPS) is 9.43. The molecule has 0 aliphatic carbocycles. The zero-order valence-corrected chi connectivity index (χ0v) is 11.9. The third-order valence-corrected chi connectivity index (χ3v) is 1.97. The summed E-state index contributed by atoms with van der Waals surface area (Å²) in [5.41, 5.74) is 0. The molecule has 1 rings (SSSR count). The number of hydrogen-bond acceptors (Lipinski definition) is 6. The fourth-order valence-electron chi connectivity index (χ4n) is 1.10. The average molecular weight is 298 g/mol. The molecule has 0 unspecified atom stereocenters. The number of carbonyl (C=O) groups is 1. The molecule has 0 saturated heterocycles. The standard InChI is InChI=1S/C9H8O2.C6H14O4/c1-2-9(10)11-8-6-4-3-5-7-8;7-1-3-9-5-6-10-4-2-8/h2-7H,1H2;7-8H,1-6H2. The molecule has 118 valence electrons. The molecule has 1 aromatic carbocycles. The van der Waals surface area contributed by atoms with Gasteiger partial charge in [0, 0.05) is 6.08 Å². The lowest BCUT2D eigenvalue weighted by Crippen LogP contribution is -2.09. The third kappa shape index (κ3) is 13.0. The predicted octanol–water partition coefficient (Wildman–Crippen LogP) is 0.782. The molecule has 0 bridgehead atoms. The van der Waals surface area contributed by atoms with Crippen molar-refractivity contribution in [2.24, 2.45) is 0 Å². The van der Waals surface area contributed by atoms with Crippen LogP contribution in [0.25, 0.3) is 0 Å². The minimum Gasteiger partial charge on any atom is -0.423 e. The van der Waals surface area contributed by atoms with Crippen LogP contribution in [0.1, 0.15) is 0 Å². The summed E-state index contributed by atoms with van der Waals surface area (Å²) in [6.45, 7) is 5.01. The van der Waals surface area contributed by atoms with E-state index in [2.05, 4.69) is 6.58 Å². The molecule has 0 aliphatic rings. The highest BCUT2D eigenvalue weighted by molar-refractivity contribution is 5.83. The Morgan fingerprint density at radius 2 is 1.52 bits per heavy atom. The molecule has 2 N–H and O–H groups in total. The smallest absolute Gasteiger partial charge is 0.335 e. The molecule has 0 spiro atoms. The van der Waals surface area contributed by atoms with Gasteiger partial charge in [-0.05, 0) is 12.1 Å². The van der Waals surface area contributed by atoms with Gasteiger partial charge in [-0.1, -0.05) is 24.8 Å². The van der Waals surface area contributed by atoms with Gasteiger partial charge in [0.1, 0.15) is 5.75 Å². The van der Waals surface area contributed by atoms with Crippen molar-refractivity contribution in [1.82, 2.24) is 0 Å². The van der Waals surface area contributed by atoms with E-state index in [1.165, 1.54) is 0 Å². The summed E-state index contributed by atoms with van der Waals surface area (Å²) >= 11 is 0. The molecule has 21 heavy (non-hydrogen) atoms. The van der Waals surface area contributed by atoms with Crippen molar-refractivity contribution < 1.29 is 29.2 Å². The lowest BCUT2D eigenvalue weighted by Gasteiger charge is -2.01.